The highest BCUT2D eigenvalue weighted by Gasteiger charge is 2.20. The van der Waals surface area contributed by atoms with Crippen molar-refractivity contribution in [3.63, 3.8) is 0 Å². The highest BCUT2D eigenvalue weighted by molar-refractivity contribution is 5.83. The second-order valence-electron chi connectivity index (χ2n) is 7.15. The van der Waals surface area contributed by atoms with E-state index in [4.69, 9.17) is 9.47 Å². The summed E-state index contributed by atoms with van der Waals surface area (Å²) in [6, 6.07) is 0. The van der Waals surface area contributed by atoms with Gasteiger partial charge in [0.1, 0.15) is 5.78 Å². The van der Waals surface area contributed by atoms with Crippen molar-refractivity contribution in [2.75, 3.05) is 33.0 Å². The van der Waals surface area contributed by atoms with Gasteiger partial charge >= 0.3 is 0 Å². The first kappa shape index (κ1) is 20.1. The number of nitrogens with one attached hydrogen (secondary N) is 1. The SMILES string of the molecule is CC(C)(C)C(=O)CCOCCOCCNC(=O)C(C)(C)C. The molecule has 0 heterocycles. The minimum atomic E-state index is -0.372. The van der Waals surface area contributed by atoms with Crippen molar-refractivity contribution in [1.82, 2.24) is 5.32 Å². The van der Waals surface area contributed by atoms with Gasteiger partial charge in [-0.3, -0.25) is 9.59 Å². The molecule has 1 N–H and O–H groups in total. The van der Waals surface area contributed by atoms with Crippen LogP contribution >= 0.6 is 0 Å². The molecule has 21 heavy (non-hydrogen) atoms. The van der Waals surface area contributed by atoms with Crippen molar-refractivity contribution >= 4 is 11.7 Å². The Balaban J connectivity index is 3.42. The lowest BCUT2D eigenvalue weighted by atomic mass is 9.89. The van der Waals surface area contributed by atoms with Gasteiger partial charge in [-0.15, -0.1) is 0 Å². The van der Waals surface area contributed by atoms with Gasteiger partial charge in [-0.25, -0.2) is 0 Å². The highest BCUT2D eigenvalue weighted by atomic mass is 16.5. The van der Waals surface area contributed by atoms with E-state index in [2.05, 4.69) is 5.32 Å². The Morgan fingerprint density at radius 1 is 0.810 bits per heavy atom. The number of amides is 1. The summed E-state index contributed by atoms with van der Waals surface area (Å²) in [7, 11) is 0. The molecule has 0 aromatic carbocycles. The molecule has 0 spiro atoms. The molecule has 0 aromatic rings. The van der Waals surface area contributed by atoms with Crippen molar-refractivity contribution in [3.05, 3.63) is 0 Å². The molecule has 0 atom stereocenters. The zero-order valence-corrected chi connectivity index (χ0v) is 14.4. The summed E-state index contributed by atoms with van der Waals surface area (Å²) in [6.45, 7) is 13.7. The number of carbonyl (C=O) groups excluding carboxylic acids is 2. The van der Waals surface area contributed by atoms with Gasteiger partial charge in [0.05, 0.1) is 26.4 Å². The molecule has 0 aliphatic heterocycles. The maximum absolute atomic E-state index is 11.6. The van der Waals surface area contributed by atoms with Gasteiger partial charge in [-0.05, 0) is 0 Å². The summed E-state index contributed by atoms with van der Waals surface area (Å²) in [4.78, 5) is 23.2. The van der Waals surface area contributed by atoms with Crippen LogP contribution in [0.25, 0.3) is 0 Å². The fourth-order valence-electron chi connectivity index (χ4n) is 1.36. The molecule has 0 radical (unpaired) electrons. The third kappa shape index (κ3) is 10.4. The van der Waals surface area contributed by atoms with E-state index in [1.54, 1.807) is 0 Å². The van der Waals surface area contributed by atoms with Gasteiger partial charge in [0, 0.05) is 23.8 Å². The van der Waals surface area contributed by atoms with Crippen molar-refractivity contribution < 1.29 is 19.1 Å². The Bertz CT molecular complexity index is 294. The van der Waals surface area contributed by atoms with Crippen molar-refractivity contribution in [2.24, 2.45) is 10.8 Å². The molecule has 0 bridgehead atoms. The van der Waals surface area contributed by atoms with E-state index in [9.17, 15) is 9.59 Å². The number of ketones is 1. The Kier molecular flexibility index (Phi) is 8.74. The molecule has 0 saturated carbocycles. The Labute approximate surface area is 128 Å². The summed E-state index contributed by atoms with van der Waals surface area (Å²) in [6.07, 6.45) is 0.436. The fraction of sp³-hybridized carbons (Fsp3) is 0.875. The highest BCUT2D eigenvalue weighted by Crippen LogP contribution is 2.16. The first-order valence-electron chi connectivity index (χ1n) is 7.52. The van der Waals surface area contributed by atoms with Gasteiger partial charge in [0.25, 0.3) is 0 Å². The fourth-order valence-corrected chi connectivity index (χ4v) is 1.36. The van der Waals surface area contributed by atoms with Gasteiger partial charge in [-0.2, -0.15) is 0 Å². The Morgan fingerprint density at radius 2 is 1.33 bits per heavy atom. The lowest BCUT2D eigenvalue weighted by molar-refractivity contribution is -0.128. The summed E-state index contributed by atoms with van der Waals surface area (Å²) in [5, 5.41) is 2.81. The zero-order valence-electron chi connectivity index (χ0n) is 14.4. The minimum Gasteiger partial charge on any atom is -0.379 e. The quantitative estimate of drug-likeness (QED) is 0.663. The van der Waals surface area contributed by atoms with E-state index in [1.165, 1.54) is 0 Å². The van der Waals surface area contributed by atoms with E-state index < -0.39 is 0 Å². The first-order chi connectivity index (χ1) is 9.55. The topological polar surface area (TPSA) is 64.6 Å². The van der Waals surface area contributed by atoms with Crippen LogP contribution in [0.1, 0.15) is 48.0 Å². The molecule has 0 aliphatic rings. The number of carbonyl (C=O) groups is 2. The largest absolute Gasteiger partial charge is 0.379 e. The van der Waals surface area contributed by atoms with E-state index >= 15 is 0 Å². The maximum atomic E-state index is 11.6. The summed E-state index contributed by atoms with van der Waals surface area (Å²) < 4.78 is 10.7. The molecule has 0 rings (SSSR count). The molecule has 0 aromatic heterocycles. The minimum absolute atomic E-state index is 0.0167. The van der Waals surface area contributed by atoms with Crippen LogP contribution in [-0.2, 0) is 19.1 Å². The van der Waals surface area contributed by atoms with Gasteiger partial charge < -0.3 is 14.8 Å². The standard InChI is InChI=1S/C16H31NO4/c1-15(2,3)13(18)7-9-20-11-12-21-10-8-17-14(19)16(4,5)6/h7-12H2,1-6H3,(H,17,19). The predicted molar refractivity (Wildman–Crippen MR) is 83.2 cm³/mol. The zero-order chi connectivity index (χ0) is 16.5. The van der Waals surface area contributed by atoms with Gasteiger partial charge in [0.2, 0.25) is 5.91 Å². The van der Waals surface area contributed by atoms with Gasteiger partial charge in [0.15, 0.2) is 0 Å². The summed E-state index contributed by atoms with van der Waals surface area (Å²) in [5.41, 5.74) is -0.673. The smallest absolute Gasteiger partial charge is 0.225 e. The monoisotopic (exact) mass is 301 g/mol. The van der Waals surface area contributed by atoms with Crippen molar-refractivity contribution in [2.45, 2.75) is 48.0 Å². The van der Waals surface area contributed by atoms with E-state index in [0.717, 1.165) is 0 Å². The van der Waals surface area contributed by atoms with Crippen LogP contribution in [-0.4, -0.2) is 44.7 Å². The summed E-state index contributed by atoms with van der Waals surface area (Å²) >= 11 is 0. The third-order valence-corrected chi connectivity index (χ3v) is 2.90. The first-order valence-corrected chi connectivity index (χ1v) is 7.52. The molecule has 124 valence electrons. The molecule has 5 heteroatoms. The van der Waals surface area contributed by atoms with E-state index in [-0.39, 0.29) is 22.5 Å². The number of ether oxygens (including phenoxy) is 2. The maximum Gasteiger partial charge on any atom is 0.225 e. The van der Waals surface area contributed by atoms with Crippen LogP contribution in [0.15, 0.2) is 0 Å². The van der Waals surface area contributed by atoms with E-state index in [1.807, 2.05) is 41.5 Å². The molecule has 5 nitrogen and oxygen atoms in total. The van der Waals surface area contributed by atoms with Crippen LogP contribution in [0.2, 0.25) is 0 Å². The second kappa shape index (κ2) is 9.15. The molecule has 0 fully saturated rings. The van der Waals surface area contributed by atoms with Crippen LogP contribution in [0.4, 0.5) is 0 Å². The molecule has 1 amide bonds. The summed E-state index contributed by atoms with van der Waals surface area (Å²) in [5.74, 6) is 0.219. The Morgan fingerprint density at radius 3 is 1.81 bits per heavy atom. The average molecular weight is 301 g/mol. The average Bonchev–Trinajstić information content (AvgIpc) is 2.33. The third-order valence-electron chi connectivity index (χ3n) is 2.90. The van der Waals surface area contributed by atoms with Crippen LogP contribution in [0, 0.1) is 10.8 Å². The lowest BCUT2D eigenvalue weighted by Crippen LogP contribution is -2.36. The predicted octanol–water partition coefficient (Wildman–Crippen LogP) is 2.19. The number of hydrogen-bond donors (Lipinski definition) is 1. The lowest BCUT2D eigenvalue weighted by Gasteiger charge is -2.17. The number of hydrogen-bond acceptors (Lipinski definition) is 4. The van der Waals surface area contributed by atoms with E-state index in [0.29, 0.717) is 39.4 Å². The number of rotatable bonds is 9. The number of Topliss-reactive ketones (excluding diaryl/α,β-unsaturated/α-hetero) is 1. The molecular weight excluding hydrogens is 270 g/mol. The van der Waals surface area contributed by atoms with Crippen LogP contribution in [0.5, 0.6) is 0 Å². The Hall–Kier alpha value is -0.940. The second-order valence-corrected chi connectivity index (χ2v) is 7.15. The van der Waals surface area contributed by atoms with Crippen LogP contribution in [0.3, 0.4) is 0 Å². The molecular formula is C16H31NO4. The van der Waals surface area contributed by atoms with Crippen molar-refractivity contribution in [1.29, 1.82) is 0 Å². The normalized spacial score (nSPS) is 12.3. The van der Waals surface area contributed by atoms with Gasteiger partial charge in [-0.1, -0.05) is 41.5 Å². The molecule has 0 unspecified atom stereocenters. The molecule has 0 saturated heterocycles. The molecule has 0 aliphatic carbocycles. The van der Waals surface area contributed by atoms with Crippen molar-refractivity contribution in [3.8, 4) is 0 Å². The van der Waals surface area contributed by atoms with Crippen LogP contribution < -0.4 is 5.32 Å².